The molecule has 2 rings (SSSR count). The highest BCUT2D eigenvalue weighted by Gasteiger charge is 2.82. The minimum atomic E-state index is -6.21. The van der Waals surface area contributed by atoms with E-state index in [-0.39, 0.29) is 24.7 Å². The van der Waals surface area contributed by atoms with Crippen molar-refractivity contribution in [2.75, 3.05) is 14.2 Å². The average Bonchev–Trinajstić information content (AvgIpc) is 3.55. The van der Waals surface area contributed by atoms with Crippen LogP contribution in [0.5, 0.6) is 0 Å². The van der Waals surface area contributed by atoms with E-state index < -0.39 is 107 Å². The van der Waals surface area contributed by atoms with Crippen molar-refractivity contribution >= 4 is 11.9 Å². The highest BCUT2D eigenvalue weighted by molar-refractivity contribution is 5.78. The van der Waals surface area contributed by atoms with E-state index in [9.17, 15) is 75.4 Å². The van der Waals surface area contributed by atoms with Gasteiger partial charge in [-0.15, -0.1) is 0 Å². The summed E-state index contributed by atoms with van der Waals surface area (Å²) in [6, 6.07) is 0. The summed E-state index contributed by atoms with van der Waals surface area (Å²) in [4.78, 5) is 25.2. The fourth-order valence-electron chi connectivity index (χ4n) is 8.09. The average molecular weight is 927 g/mol. The van der Waals surface area contributed by atoms with Crippen molar-refractivity contribution in [3.05, 3.63) is 0 Å². The van der Waals surface area contributed by atoms with Gasteiger partial charge < -0.3 is 28.4 Å². The maximum atomic E-state index is 14.2. The molecule has 9 unspecified atom stereocenters. The molecular weight excluding hydrogens is 869 g/mol. The largest absolute Gasteiger partial charge is 0.458 e. The van der Waals surface area contributed by atoms with Gasteiger partial charge in [0.15, 0.2) is 23.6 Å². The van der Waals surface area contributed by atoms with E-state index in [0.717, 1.165) is 21.1 Å². The number of methoxy groups -OCH3 is 2. The second-order valence-electron chi connectivity index (χ2n) is 17.4. The number of esters is 2. The molecule has 2 aliphatic carbocycles. The summed E-state index contributed by atoms with van der Waals surface area (Å²) < 4.78 is 234. The van der Waals surface area contributed by atoms with Crippen LogP contribution in [0.3, 0.4) is 0 Å². The summed E-state index contributed by atoms with van der Waals surface area (Å²) in [7, 11) is 1.75. The Kier molecular flexibility index (Phi) is 17.4. The van der Waals surface area contributed by atoms with Crippen molar-refractivity contribution in [3.63, 3.8) is 0 Å². The minimum absolute atomic E-state index is 0.111. The summed E-state index contributed by atoms with van der Waals surface area (Å²) in [6.07, 6.45) is -36.6. The number of carbonyl (C=O) groups excluding carboxylic acids is 2. The molecule has 2 aliphatic rings. The summed E-state index contributed by atoms with van der Waals surface area (Å²) >= 11 is 0. The third-order valence-corrected chi connectivity index (χ3v) is 12.4. The lowest BCUT2D eigenvalue weighted by Crippen LogP contribution is -2.72. The lowest BCUT2D eigenvalue weighted by atomic mass is 9.66. The topological polar surface area (TPSA) is 89.5 Å². The number of rotatable bonds is 15. The third kappa shape index (κ3) is 10.5. The summed E-state index contributed by atoms with van der Waals surface area (Å²) in [5.74, 6) is -4.74. The van der Waals surface area contributed by atoms with Crippen LogP contribution in [0.2, 0.25) is 0 Å². The summed E-state index contributed by atoms with van der Waals surface area (Å²) in [6.45, 7) is 13.3. The molecule has 0 aromatic carbocycles. The molecule has 362 valence electrons. The predicted molar refractivity (Wildman–Crippen MR) is 186 cm³/mol. The number of halogens is 15. The van der Waals surface area contributed by atoms with Crippen molar-refractivity contribution in [1.29, 1.82) is 0 Å². The fraction of sp³-hybridized carbons (Fsp3) is 0.947. The molecule has 0 amide bonds. The summed E-state index contributed by atoms with van der Waals surface area (Å²) in [5, 5.41) is 0. The van der Waals surface area contributed by atoms with Crippen LogP contribution in [0.15, 0.2) is 0 Å². The number of hydrogen-bond acceptors (Lipinski definition) is 8. The van der Waals surface area contributed by atoms with E-state index in [0.29, 0.717) is 39.5 Å². The van der Waals surface area contributed by atoms with Crippen LogP contribution in [0.1, 0.15) is 102 Å². The van der Waals surface area contributed by atoms with E-state index in [1.54, 1.807) is 6.92 Å². The molecular formula is C38H57F15O8. The maximum absolute atomic E-state index is 14.2. The molecule has 2 fully saturated rings. The Morgan fingerprint density at radius 3 is 1.36 bits per heavy atom. The van der Waals surface area contributed by atoms with Gasteiger partial charge in [-0.05, 0) is 77.6 Å². The van der Waals surface area contributed by atoms with Crippen LogP contribution in [-0.2, 0) is 38.0 Å². The van der Waals surface area contributed by atoms with Crippen LogP contribution >= 0.6 is 0 Å². The second kappa shape index (κ2) is 18.7. The molecule has 8 nitrogen and oxygen atoms in total. The molecule has 0 spiro atoms. The molecule has 0 aromatic heterocycles. The van der Waals surface area contributed by atoms with Gasteiger partial charge in [-0.1, -0.05) is 48.5 Å². The third-order valence-electron chi connectivity index (χ3n) is 12.4. The number of hydrogen-bond donors (Lipinski definition) is 0. The highest BCUT2D eigenvalue weighted by atomic mass is 19.4. The Morgan fingerprint density at radius 2 is 1.07 bits per heavy atom. The van der Waals surface area contributed by atoms with Gasteiger partial charge in [-0.25, -0.2) is 0 Å². The van der Waals surface area contributed by atoms with Crippen molar-refractivity contribution in [2.45, 2.75) is 169 Å². The molecule has 0 heterocycles. The van der Waals surface area contributed by atoms with Gasteiger partial charge >= 0.3 is 48.4 Å². The van der Waals surface area contributed by atoms with Gasteiger partial charge in [0.1, 0.15) is 6.10 Å². The molecule has 9 atom stereocenters. The molecule has 0 saturated heterocycles. The zero-order valence-electron chi connectivity index (χ0n) is 36.3. The molecule has 2 bridgehead atoms. The predicted octanol–water partition coefficient (Wildman–Crippen LogP) is 11.5. The highest BCUT2D eigenvalue weighted by Crippen LogP contribution is 2.62. The maximum Gasteiger partial charge on any atom is 0.430 e. The molecule has 2 saturated carbocycles. The van der Waals surface area contributed by atoms with Crippen molar-refractivity contribution in [1.82, 2.24) is 0 Å². The van der Waals surface area contributed by atoms with E-state index in [4.69, 9.17) is 9.47 Å². The number of ether oxygens (including phenoxy) is 6. The Morgan fingerprint density at radius 1 is 0.656 bits per heavy atom. The number of alkyl halides is 15. The first-order valence-corrected chi connectivity index (χ1v) is 19.2. The van der Waals surface area contributed by atoms with Crippen molar-refractivity contribution in [3.8, 4) is 0 Å². The SMILES string of the molecule is CCC(C)(C(=O)OC(C)C(OC(OC)C(C)C)(C(F)(F)F)C(F)(F)F)C(F)(F)F.COC(OC(C(F)(F)F)(C(F)(F)F)C(C)(C)OC(=O)C1(C)CC2CC1C(C)C2C)C(C)C. The minimum Gasteiger partial charge on any atom is -0.458 e. The van der Waals surface area contributed by atoms with Gasteiger partial charge in [0, 0.05) is 26.1 Å². The number of carbonyl (C=O) groups is 2. The zero-order valence-corrected chi connectivity index (χ0v) is 36.3. The Bertz CT molecular complexity index is 1440. The van der Waals surface area contributed by atoms with Crippen LogP contribution in [0.25, 0.3) is 0 Å². The first-order chi connectivity index (χ1) is 27.0. The fourth-order valence-corrected chi connectivity index (χ4v) is 8.09. The van der Waals surface area contributed by atoms with Gasteiger partial charge in [0.25, 0.3) is 5.60 Å². The molecule has 0 radical (unpaired) electrons. The lowest BCUT2D eigenvalue weighted by molar-refractivity contribution is -0.445. The smallest absolute Gasteiger partial charge is 0.430 e. The number of fused-ring (bicyclic) bond motifs is 2. The molecule has 0 aliphatic heterocycles. The van der Waals surface area contributed by atoms with E-state index >= 15 is 0 Å². The standard InChI is InChI=1S/C22H34F6O4.C16H23F9O4/c1-11(2)16(30-8)31-20(21(23,24)25,22(26,27)28)18(5,6)32-17(29)19(7)10-14-9-15(19)13(4)12(14)3;1-7-12(5,14(17,18)19)11(26)28-9(4)13(15(20,21)22,16(23,24)25)29-10(27-6)8(2)3/h11-16H,9-10H2,1-8H3;8-10H,7H2,1-6H3. The Hall–Kier alpha value is -2.27. The first kappa shape index (κ1) is 56.7. The van der Waals surface area contributed by atoms with E-state index in [2.05, 4.69) is 18.9 Å². The Balaban J connectivity index is 0.000000614. The molecule has 61 heavy (non-hydrogen) atoms. The normalized spacial score (nSPS) is 25.8. The molecule has 0 N–H and O–H groups in total. The van der Waals surface area contributed by atoms with Gasteiger partial charge in [0.2, 0.25) is 0 Å². The lowest BCUT2D eigenvalue weighted by Gasteiger charge is -2.49. The monoisotopic (exact) mass is 926 g/mol. The van der Waals surface area contributed by atoms with Gasteiger partial charge in [-0.2, -0.15) is 65.9 Å². The van der Waals surface area contributed by atoms with Gasteiger partial charge in [0.05, 0.1) is 5.41 Å². The van der Waals surface area contributed by atoms with Crippen LogP contribution in [-0.4, -0.2) is 92.5 Å². The van der Waals surface area contributed by atoms with Crippen LogP contribution < -0.4 is 0 Å². The molecule has 0 aromatic rings. The first-order valence-electron chi connectivity index (χ1n) is 19.2. The second-order valence-corrected chi connectivity index (χ2v) is 17.4. The van der Waals surface area contributed by atoms with E-state index in [1.165, 1.54) is 27.7 Å². The quantitative estimate of drug-likeness (QED) is 0.0911. The van der Waals surface area contributed by atoms with Crippen molar-refractivity contribution < 1.29 is 104 Å². The molecule has 23 heteroatoms. The van der Waals surface area contributed by atoms with E-state index in [1.807, 2.05) is 13.8 Å². The van der Waals surface area contributed by atoms with Crippen LogP contribution in [0, 0.1) is 46.3 Å². The van der Waals surface area contributed by atoms with Gasteiger partial charge in [-0.3, -0.25) is 9.59 Å². The van der Waals surface area contributed by atoms with Crippen LogP contribution in [0.4, 0.5) is 65.9 Å². The summed E-state index contributed by atoms with van der Waals surface area (Å²) in [5.41, 5.74) is -17.5. The zero-order chi connectivity index (χ0) is 48.7. The van der Waals surface area contributed by atoms with Crippen molar-refractivity contribution in [2.24, 2.45) is 46.3 Å². The Labute approximate surface area is 345 Å².